The Morgan fingerprint density at radius 2 is 2.00 bits per heavy atom. The number of carbonyl (C=O) groups is 1. The highest BCUT2D eigenvalue weighted by molar-refractivity contribution is 7.90. The van der Waals surface area contributed by atoms with Gasteiger partial charge >= 0.3 is 0 Å². The van der Waals surface area contributed by atoms with Crippen LogP contribution in [0.5, 0.6) is 0 Å². The first-order valence-corrected chi connectivity index (χ1v) is 8.42. The van der Waals surface area contributed by atoms with Crippen molar-refractivity contribution < 1.29 is 13.2 Å². The number of sulfone groups is 1. The van der Waals surface area contributed by atoms with Gasteiger partial charge in [0.25, 0.3) is 5.56 Å². The van der Waals surface area contributed by atoms with E-state index in [1.54, 1.807) is 31.2 Å². The molecule has 0 atom stereocenters. The lowest BCUT2D eigenvalue weighted by molar-refractivity contribution is -0.115. The minimum atomic E-state index is -3.16. The minimum absolute atomic E-state index is 0.0959. The zero-order valence-corrected chi connectivity index (χ0v) is 12.6. The molecule has 1 amide bonds. The van der Waals surface area contributed by atoms with Crippen LogP contribution in [0, 0.1) is 6.92 Å². The number of rotatable bonds is 4. The van der Waals surface area contributed by atoms with Crippen molar-refractivity contribution in [2.75, 3.05) is 17.3 Å². The van der Waals surface area contributed by atoms with Crippen LogP contribution < -0.4 is 10.9 Å². The number of fused-ring (bicyclic) bond motifs is 1. The molecule has 0 aliphatic carbocycles. The highest BCUT2D eigenvalue weighted by Gasteiger charge is 2.09. The fourth-order valence-electron chi connectivity index (χ4n) is 1.89. The largest absolute Gasteiger partial charge is 0.326 e. The standard InChI is InChI=1S/C14H16N2O4S/c1-9-7-10-3-4-11(8-12(10)16-14(9)18)15-13(17)5-6-21(2,19)20/h3-4,7-8H,5-6H2,1-2H3,(H,15,17)(H,16,18). The summed E-state index contributed by atoms with van der Waals surface area (Å²) in [4.78, 5) is 26.0. The zero-order valence-electron chi connectivity index (χ0n) is 11.8. The Morgan fingerprint density at radius 3 is 2.67 bits per heavy atom. The van der Waals surface area contributed by atoms with Gasteiger partial charge < -0.3 is 10.3 Å². The number of aromatic amines is 1. The molecule has 2 rings (SSSR count). The lowest BCUT2D eigenvalue weighted by atomic mass is 10.1. The van der Waals surface area contributed by atoms with Gasteiger partial charge in [-0.05, 0) is 30.5 Å². The average Bonchev–Trinajstić information content (AvgIpc) is 2.37. The molecule has 21 heavy (non-hydrogen) atoms. The van der Waals surface area contributed by atoms with Crippen LogP contribution >= 0.6 is 0 Å². The predicted molar refractivity (Wildman–Crippen MR) is 82.3 cm³/mol. The Bertz CT molecular complexity index is 853. The molecule has 6 nitrogen and oxygen atoms in total. The molecule has 112 valence electrons. The Balaban J connectivity index is 2.18. The third kappa shape index (κ3) is 4.16. The summed E-state index contributed by atoms with van der Waals surface area (Å²) in [7, 11) is -3.16. The van der Waals surface area contributed by atoms with Crippen molar-refractivity contribution in [1.82, 2.24) is 4.98 Å². The number of benzene rings is 1. The van der Waals surface area contributed by atoms with E-state index in [1.165, 1.54) is 0 Å². The highest BCUT2D eigenvalue weighted by atomic mass is 32.2. The van der Waals surface area contributed by atoms with Gasteiger partial charge in [-0.3, -0.25) is 9.59 Å². The molecular weight excluding hydrogens is 292 g/mol. The van der Waals surface area contributed by atoms with Gasteiger partial charge in [0.15, 0.2) is 0 Å². The lowest BCUT2D eigenvalue weighted by Crippen LogP contribution is -2.16. The molecule has 0 bridgehead atoms. The summed E-state index contributed by atoms with van der Waals surface area (Å²) >= 11 is 0. The first-order chi connectivity index (χ1) is 9.74. The van der Waals surface area contributed by atoms with Gasteiger partial charge in [0.2, 0.25) is 5.91 Å². The summed E-state index contributed by atoms with van der Waals surface area (Å²) in [5.74, 6) is -0.572. The smallest absolute Gasteiger partial charge is 0.251 e. The second-order valence-electron chi connectivity index (χ2n) is 5.01. The van der Waals surface area contributed by atoms with Crippen LogP contribution in [0.15, 0.2) is 29.1 Å². The van der Waals surface area contributed by atoms with E-state index in [2.05, 4.69) is 10.3 Å². The molecule has 0 aliphatic rings. The molecule has 0 fully saturated rings. The first-order valence-electron chi connectivity index (χ1n) is 6.36. The molecule has 0 saturated carbocycles. The first kappa shape index (κ1) is 15.2. The Morgan fingerprint density at radius 1 is 1.29 bits per heavy atom. The third-order valence-corrected chi connectivity index (χ3v) is 3.96. The molecule has 0 radical (unpaired) electrons. The second-order valence-corrected chi connectivity index (χ2v) is 7.27. The number of hydrogen-bond donors (Lipinski definition) is 2. The molecule has 1 aromatic heterocycles. The molecule has 7 heteroatoms. The maximum Gasteiger partial charge on any atom is 0.251 e. The number of carbonyl (C=O) groups excluding carboxylic acids is 1. The summed E-state index contributed by atoms with van der Waals surface area (Å²) in [5, 5.41) is 3.48. The molecule has 0 saturated heterocycles. The van der Waals surface area contributed by atoms with Crippen molar-refractivity contribution in [3.63, 3.8) is 0 Å². The molecule has 1 aromatic carbocycles. The number of pyridine rings is 1. The third-order valence-electron chi connectivity index (χ3n) is 3.02. The molecule has 1 heterocycles. The topological polar surface area (TPSA) is 96.1 Å². The monoisotopic (exact) mass is 308 g/mol. The van der Waals surface area contributed by atoms with Crippen LogP contribution in [0.3, 0.4) is 0 Å². The number of amides is 1. The van der Waals surface area contributed by atoms with E-state index >= 15 is 0 Å². The van der Waals surface area contributed by atoms with Crippen molar-refractivity contribution in [2.24, 2.45) is 0 Å². The van der Waals surface area contributed by atoms with Crippen LogP contribution in [0.1, 0.15) is 12.0 Å². The number of aromatic nitrogens is 1. The van der Waals surface area contributed by atoms with Crippen molar-refractivity contribution in [2.45, 2.75) is 13.3 Å². The minimum Gasteiger partial charge on any atom is -0.326 e. The van der Waals surface area contributed by atoms with Crippen molar-refractivity contribution in [3.8, 4) is 0 Å². The van der Waals surface area contributed by atoms with E-state index in [0.29, 0.717) is 16.8 Å². The number of aryl methyl sites for hydroxylation is 1. The van der Waals surface area contributed by atoms with Gasteiger partial charge in [0.1, 0.15) is 9.84 Å². The molecule has 2 N–H and O–H groups in total. The van der Waals surface area contributed by atoms with E-state index < -0.39 is 9.84 Å². The van der Waals surface area contributed by atoms with Crippen LogP contribution in [0.2, 0.25) is 0 Å². The maximum absolute atomic E-state index is 11.7. The SMILES string of the molecule is Cc1cc2ccc(NC(=O)CCS(C)(=O)=O)cc2[nH]c1=O. The number of nitrogens with one attached hydrogen (secondary N) is 2. The zero-order chi connectivity index (χ0) is 15.6. The van der Waals surface area contributed by atoms with Gasteiger partial charge in [0, 0.05) is 23.9 Å². The van der Waals surface area contributed by atoms with Gasteiger partial charge in [-0.15, -0.1) is 0 Å². The van der Waals surface area contributed by atoms with Crippen molar-refractivity contribution >= 4 is 32.3 Å². The average molecular weight is 308 g/mol. The molecule has 0 unspecified atom stereocenters. The predicted octanol–water partition coefficient (Wildman–Crippen LogP) is 1.21. The second kappa shape index (κ2) is 5.69. The number of H-pyrrole nitrogens is 1. The van der Waals surface area contributed by atoms with Crippen LogP contribution in [0.4, 0.5) is 5.69 Å². The maximum atomic E-state index is 11.7. The van der Waals surface area contributed by atoms with E-state index in [1.807, 2.05) is 0 Å². The summed E-state index contributed by atoms with van der Waals surface area (Å²) in [5.41, 5.74) is 1.57. The van der Waals surface area contributed by atoms with Crippen LogP contribution in [-0.4, -0.2) is 31.3 Å². The Kier molecular flexibility index (Phi) is 4.13. The van der Waals surface area contributed by atoms with Gasteiger partial charge in [0.05, 0.1) is 11.3 Å². The number of hydrogen-bond acceptors (Lipinski definition) is 4. The van der Waals surface area contributed by atoms with E-state index in [4.69, 9.17) is 0 Å². The van der Waals surface area contributed by atoms with Crippen LogP contribution in [-0.2, 0) is 14.6 Å². The molecular formula is C14H16N2O4S. The highest BCUT2D eigenvalue weighted by Crippen LogP contribution is 2.17. The summed E-state index contributed by atoms with van der Waals surface area (Å²) in [6.45, 7) is 1.72. The summed E-state index contributed by atoms with van der Waals surface area (Å²) in [6.07, 6.45) is 0.991. The summed E-state index contributed by atoms with van der Waals surface area (Å²) < 4.78 is 22.0. The van der Waals surface area contributed by atoms with E-state index in [-0.39, 0.29) is 23.6 Å². The lowest BCUT2D eigenvalue weighted by Gasteiger charge is -2.06. The summed E-state index contributed by atoms with van der Waals surface area (Å²) in [6, 6.07) is 6.90. The fourth-order valence-corrected chi connectivity index (χ4v) is 2.45. The van der Waals surface area contributed by atoms with Gasteiger partial charge in [-0.2, -0.15) is 0 Å². The van der Waals surface area contributed by atoms with Crippen molar-refractivity contribution in [1.29, 1.82) is 0 Å². The van der Waals surface area contributed by atoms with E-state index in [0.717, 1.165) is 11.6 Å². The number of anilines is 1. The van der Waals surface area contributed by atoms with Crippen molar-refractivity contribution in [3.05, 3.63) is 40.2 Å². The molecule has 2 aromatic rings. The van der Waals surface area contributed by atoms with Gasteiger partial charge in [-0.1, -0.05) is 6.07 Å². The van der Waals surface area contributed by atoms with Crippen LogP contribution in [0.25, 0.3) is 10.9 Å². The Labute approximate surface area is 122 Å². The quantitative estimate of drug-likeness (QED) is 0.887. The molecule has 0 spiro atoms. The van der Waals surface area contributed by atoms with Gasteiger partial charge in [-0.25, -0.2) is 8.42 Å². The van der Waals surface area contributed by atoms with E-state index in [9.17, 15) is 18.0 Å². The fraction of sp³-hybridized carbons (Fsp3) is 0.286. The normalized spacial score (nSPS) is 11.5. The Hall–Kier alpha value is -2.15. The molecule has 0 aliphatic heterocycles.